The van der Waals surface area contributed by atoms with E-state index in [1.54, 1.807) is 118 Å². The van der Waals surface area contributed by atoms with E-state index >= 15 is 0 Å². The Bertz CT molecular complexity index is 3860. The number of ether oxygens (including phenoxy) is 2. The number of phenolic OH excluding ortho intramolecular Hbond substituents is 1. The Morgan fingerprint density at radius 3 is 1.60 bits per heavy atom. The summed E-state index contributed by atoms with van der Waals surface area (Å²) in [4.78, 5) is 16.5. The van der Waals surface area contributed by atoms with Crippen molar-refractivity contribution >= 4 is 149 Å². The molecule has 0 heterocycles. The molecule has 0 saturated heterocycles. The summed E-state index contributed by atoms with van der Waals surface area (Å²) in [5, 5.41) is 59.0. The van der Waals surface area contributed by atoms with E-state index in [2.05, 4.69) is 30.8 Å². The average Bonchev–Trinajstić information content (AvgIpc) is 3.39. The van der Waals surface area contributed by atoms with Crippen LogP contribution in [0.5, 0.6) is 23.0 Å². The van der Waals surface area contributed by atoms with Crippen LogP contribution < -0.4 is 25.0 Å². The first-order valence-corrected chi connectivity index (χ1v) is 26.8. The van der Waals surface area contributed by atoms with Gasteiger partial charge in [0.1, 0.15) is 32.7 Å². The molecule has 392 valence electrons. The molecule has 4 N–H and O–H groups in total. The maximum Gasteiger partial charge on any atom is 2.00 e. The number of halogens is 2. The van der Waals surface area contributed by atoms with Crippen LogP contribution in [-0.2, 0) is 33.1 Å². The third-order valence-electron chi connectivity index (χ3n) is 11.3. The topological polar surface area (TPSA) is 284 Å². The Kier molecular flexibility index (Phi) is 20.2. The number of aliphatic imine (C=N–C) groups is 1. The molecule has 0 spiro atoms. The minimum atomic E-state index is -4.59. The van der Waals surface area contributed by atoms with E-state index in [1.807, 2.05) is 6.92 Å². The smallest absolute Gasteiger partial charge is 0.871 e. The summed E-state index contributed by atoms with van der Waals surface area (Å²) in [6.07, 6.45) is 0.515. The van der Waals surface area contributed by atoms with Gasteiger partial charge in [0.05, 0.1) is 41.5 Å². The molecule has 0 atom stereocenters. The first kappa shape index (κ1) is 59.5. The summed E-state index contributed by atoms with van der Waals surface area (Å²) in [5.41, 5.74) is 0.788. The van der Waals surface area contributed by atoms with Gasteiger partial charge in [0, 0.05) is 20.8 Å². The first-order valence-electron chi connectivity index (χ1n) is 23.2. The van der Waals surface area contributed by atoms with E-state index in [-0.39, 0.29) is 116 Å². The zero-order valence-corrected chi connectivity index (χ0v) is 46.9. The van der Waals surface area contributed by atoms with Gasteiger partial charge in [-0.1, -0.05) is 116 Å². The molecule has 8 rings (SSSR count). The number of anilines is 1. The van der Waals surface area contributed by atoms with E-state index in [4.69, 9.17) is 32.7 Å². The van der Waals surface area contributed by atoms with E-state index in [0.717, 1.165) is 12.1 Å². The van der Waals surface area contributed by atoms with Gasteiger partial charge in [0.2, 0.25) is 0 Å². The molecule has 23 heteroatoms. The van der Waals surface area contributed by atoms with Crippen molar-refractivity contribution in [2.75, 3.05) is 18.5 Å². The van der Waals surface area contributed by atoms with Crippen LogP contribution in [0.3, 0.4) is 0 Å². The quantitative estimate of drug-likeness (QED) is 0.0231. The van der Waals surface area contributed by atoms with Crippen LogP contribution >= 0.6 is 23.2 Å². The molecule has 0 unspecified atom stereocenters. The fraction of sp³-hybridized carbons (Fsp3) is 0.148. The molecule has 8 aromatic carbocycles. The van der Waals surface area contributed by atoms with Crippen molar-refractivity contribution in [3.05, 3.63) is 166 Å². The summed E-state index contributed by atoms with van der Waals surface area (Å²) in [7, 11) is -9.16. The van der Waals surface area contributed by atoms with Gasteiger partial charge < -0.3 is 30.1 Å². The molecule has 0 aliphatic heterocycles. The van der Waals surface area contributed by atoms with Crippen LogP contribution in [0.4, 0.5) is 34.1 Å². The zero-order chi connectivity index (χ0) is 54.9. The average molecular weight is 1150 g/mol. The molecule has 0 radical (unpaired) electrons. The third-order valence-corrected chi connectivity index (χ3v) is 13.9. The summed E-state index contributed by atoms with van der Waals surface area (Å²) >= 11 is 12.5. The van der Waals surface area contributed by atoms with Crippen molar-refractivity contribution in [1.82, 2.24) is 0 Å². The van der Waals surface area contributed by atoms with Crippen molar-refractivity contribution in [3.63, 3.8) is 0 Å². The van der Waals surface area contributed by atoms with Gasteiger partial charge in [-0.25, -0.2) is 0 Å². The fourth-order valence-electron chi connectivity index (χ4n) is 7.87. The van der Waals surface area contributed by atoms with Crippen molar-refractivity contribution in [1.29, 1.82) is 0 Å². The Labute approximate surface area is 483 Å². The summed E-state index contributed by atoms with van der Waals surface area (Å²) < 4.78 is 77.9. The number of phenols is 1. The summed E-state index contributed by atoms with van der Waals surface area (Å²) in [6.45, 7) is 7.79. The number of aromatic hydroxyl groups is 1. The molecule has 0 aromatic heterocycles. The molecule has 1 amide bonds. The molecule has 8 aromatic rings. The second kappa shape index (κ2) is 26.1. The number of carbonyl (C=O) groups is 1. The number of nitrogens with one attached hydrogen (secondary N) is 1. The van der Waals surface area contributed by atoms with Gasteiger partial charge in [-0.3, -0.25) is 18.9 Å². The van der Waals surface area contributed by atoms with Gasteiger partial charge in [-0.2, -0.15) is 32.2 Å². The van der Waals surface area contributed by atoms with Crippen molar-refractivity contribution in [2.24, 2.45) is 25.4 Å². The second-order valence-corrected chi connectivity index (χ2v) is 19.8. The zero-order valence-electron chi connectivity index (χ0n) is 41.6. The van der Waals surface area contributed by atoms with Crippen LogP contribution in [0.15, 0.2) is 169 Å². The number of azo groups is 2. The maximum atomic E-state index is 13.4. The third kappa shape index (κ3) is 14.1. The van der Waals surface area contributed by atoms with Crippen LogP contribution in [0.1, 0.15) is 54.7 Å². The molecule has 77 heavy (non-hydrogen) atoms. The molecular weight excluding hydrogens is 1100 g/mol. The number of amides is 1. The van der Waals surface area contributed by atoms with Gasteiger partial charge in [0.25, 0.3) is 26.1 Å². The standard InChI is InChI=1S/2C27H24ClN3O6S.Ca/c2*1-3-18-21(28)14-17(15-24(18)38(34,35)36)30-31-25-19-10-6-5-9-16(19)13-20(26(25)32)27(33)29-22-11-7-8-12-23(22)37-4-2;/h2*5-15,32H,3-4H2,1-2H3,(H,29,33)(H,34,35,36);/q;;+2/p-2. The van der Waals surface area contributed by atoms with Gasteiger partial charge in [-0.15, -0.1) is 5.11 Å². The molecule has 0 fully saturated rings. The first-order chi connectivity index (χ1) is 36.3. The van der Waals surface area contributed by atoms with E-state index in [1.165, 1.54) is 24.3 Å². The number of nitrogens with zero attached hydrogens (tertiary/aromatic N) is 5. The van der Waals surface area contributed by atoms with Gasteiger partial charge in [-0.05, 0) is 121 Å². The number of fused-ring (bicyclic) bond motifs is 2. The molecule has 18 nitrogen and oxygen atoms in total. The Balaban J connectivity index is 0.000000246. The maximum absolute atomic E-state index is 13.4. The largest absolute Gasteiger partial charge is 2.00 e. The van der Waals surface area contributed by atoms with Crippen LogP contribution in [-0.4, -0.2) is 93.8 Å². The number of para-hydroxylation sites is 4. The normalized spacial score (nSPS) is 11.9. The van der Waals surface area contributed by atoms with Crippen LogP contribution in [0, 0.1) is 0 Å². The van der Waals surface area contributed by atoms with Gasteiger partial charge in [0.15, 0.2) is 5.75 Å². The SMILES string of the molecule is CCOc1ccccc1N=C([O-])c1cc2ccccc2c(N=Nc2cc(Cl)c(CC)c(S(=O)(=O)O)c2)c1[O-].CCOc1ccccc1NC(=O)c1cc2ccccc2c(N=Nc2cc(Cl)c(CC)c(S(=O)(=O)O)c2)c1O.[Ca+2]. The fourth-order valence-corrected chi connectivity index (χ4v) is 10.3. The number of hydrogen-bond donors (Lipinski definition) is 4. The second-order valence-electron chi connectivity index (χ2n) is 16.2. The predicted molar refractivity (Wildman–Crippen MR) is 294 cm³/mol. The van der Waals surface area contributed by atoms with Crippen LogP contribution in [0.25, 0.3) is 21.5 Å². The number of rotatable bonds is 16. The van der Waals surface area contributed by atoms with Gasteiger partial charge >= 0.3 is 37.7 Å². The minimum absolute atomic E-state index is 0. The Hall–Kier alpha value is -6.72. The number of hydrogen-bond acceptors (Lipinski definition) is 15. The monoisotopic (exact) mass is 1140 g/mol. The van der Waals surface area contributed by atoms with Crippen molar-refractivity contribution in [2.45, 2.75) is 50.3 Å². The summed E-state index contributed by atoms with van der Waals surface area (Å²) in [5.74, 6) is -1.63. The number of carbonyl (C=O) groups excluding carboxylic acids is 1. The van der Waals surface area contributed by atoms with E-state index < -0.39 is 48.4 Å². The van der Waals surface area contributed by atoms with Crippen molar-refractivity contribution in [3.8, 4) is 23.0 Å². The Morgan fingerprint density at radius 1 is 0.610 bits per heavy atom. The minimum Gasteiger partial charge on any atom is -0.871 e. The molecule has 0 aliphatic rings. The summed E-state index contributed by atoms with van der Waals surface area (Å²) in [6, 6.07) is 35.4. The molecule has 0 bridgehead atoms. The molecule has 0 aliphatic carbocycles. The van der Waals surface area contributed by atoms with Crippen LogP contribution in [0.2, 0.25) is 10.0 Å². The molecule has 0 saturated carbocycles. The predicted octanol–water partition coefficient (Wildman–Crippen LogP) is 12.3. The van der Waals surface area contributed by atoms with E-state index in [9.17, 15) is 46.1 Å². The molecular formula is C54H46CaCl2N6O12S2. The Morgan fingerprint density at radius 2 is 1.06 bits per heavy atom. The van der Waals surface area contributed by atoms with Crippen molar-refractivity contribution < 1.29 is 55.5 Å². The number of benzene rings is 8. The van der Waals surface area contributed by atoms with E-state index in [0.29, 0.717) is 51.9 Å².